The fraction of sp³-hybridized carbons (Fsp3) is 0.105. The number of nitro benzene ring substituents is 1. The quantitative estimate of drug-likeness (QED) is 0.507. The molecule has 0 aliphatic heterocycles. The number of carbonyl (C=O) groups is 1. The van der Waals surface area contributed by atoms with Crippen LogP contribution < -0.4 is 10.1 Å². The van der Waals surface area contributed by atoms with Gasteiger partial charge in [0.25, 0.3) is 5.91 Å². The Morgan fingerprint density at radius 3 is 2.70 bits per heavy atom. The van der Waals surface area contributed by atoms with E-state index in [1.54, 1.807) is 36.4 Å². The topological polar surface area (TPSA) is 115 Å². The highest BCUT2D eigenvalue weighted by atomic mass is 16.6. The van der Waals surface area contributed by atoms with Crippen LogP contribution in [-0.2, 0) is 6.61 Å². The molecule has 0 saturated heterocycles. The number of hydrogen-bond acceptors (Lipinski definition) is 6. The van der Waals surface area contributed by atoms with E-state index in [0.717, 1.165) is 6.07 Å². The van der Waals surface area contributed by atoms with Gasteiger partial charge in [-0.05, 0) is 36.4 Å². The number of nitro groups is 1. The number of benzene rings is 2. The lowest BCUT2D eigenvalue weighted by atomic mass is 10.1. The highest BCUT2D eigenvalue weighted by molar-refractivity contribution is 6.05. The van der Waals surface area contributed by atoms with Crippen molar-refractivity contribution >= 4 is 17.3 Å². The van der Waals surface area contributed by atoms with E-state index < -0.39 is 10.8 Å². The van der Waals surface area contributed by atoms with Gasteiger partial charge in [0, 0.05) is 22.9 Å². The van der Waals surface area contributed by atoms with Crippen LogP contribution in [0.4, 0.5) is 11.4 Å². The summed E-state index contributed by atoms with van der Waals surface area (Å²) >= 11 is 0. The predicted octanol–water partition coefficient (Wildman–Crippen LogP) is 3.61. The number of furan rings is 1. The molecule has 1 heterocycles. The van der Waals surface area contributed by atoms with Crippen LogP contribution in [0.1, 0.15) is 16.1 Å². The molecule has 0 radical (unpaired) electrons. The highest BCUT2D eigenvalue weighted by Gasteiger charge is 2.18. The van der Waals surface area contributed by atoms with E-state index in [4.69, 9.17) is 14.3 Å². The molecule has 3 rings (SSSR count). The van der Waals surface area contributed by atoms with Crippen molar-refractivity contribution in [3.8, 4) is 17.1 Å². The number of methoxy groups -OCH3 is 1. The smallest absolute Gasteiger partial charge is 0.311 e. The first-order valence-corrected chi connectivity index (χ1v) is 7.95. The zero-order chi connectivity index (χ0) is 19.4. The molecule has 1 amide bonds. The molecule has 8 nitrogen and oxygen atoms in total. The standard InChI is InChI=1S/C19H16N2O6/c1-26-18-7-5-13(10-16(18)21(24)25)19(23)20-14-4-2-3-12(9-14)17-8-6-15(11-22)27-17/h2-10,22H,11H2,1H3,(H,20,23). The summed E-state index contributed by atoms with van der Waals surface area (Å²) in [7, 11) is 1.32. The van der Waals surface area contributed by atoms with E-state index in [0.29, 0.717) is 22.8 Å². The van der Waals surface area contributed by atoms with Gasteiger partial charge in [-0.1, -0.05) is 12.1 Å². The van der Waals surface area contributed by atoms with Crippen molar-refractivity contribution in [2.45, 2.75) is 6.61 Å². The van der Waals surface area contributed by atoms with Crippen LogP contribution in [0.25, 0.3) is 11.3 Å². The van der Waals surface area contributed by atoms with Crippen molar-refractivity contribution in [2.24, 2.45) is 0 Å². The molecule has 138 valence electrons. The third-order valence-corrected chi connectivity index (χ3v) is 3.86. The molecular formula is C19H16N2O6. The van der Waals surface area contributed by atoms with Gasteiger partial charge >= 0.3 is 5.69 Å². The van der Waals surface area contributed by atoms with Gasteiger partial charge in [0.1, 0.15) is 18.1 Å². The summed E-state index contributed by atoms with van der Waals surface area (Å²) in [4.78, 5) is 23.0. The van der Waals surface area contributed by atoms with E-state index in [2.05, 4.69) is 5.32 Å². The van der Waals surface area contributed by atoms with Gasteiger partial charge in [-0.15, -0.1) is 0 Å². The minimum Gasteiger partial charge on any atom is -0.490 e. The minimum atomic E-state index is -0.605. The molecule has 0 atom stereocenters. The number of amides is 1. The number of hydrogen-bond donors (Lipinski definition) is 2. The Hall–Kier alpha value is -3.65. The van der Waals surface area contributed by atoms with Gasteiger partial charge < -0.3 is 19.6 Å². The van der Waals surface area contributed by atoms with Crippen LogP contribution >= 0.6 is 0 Å². The third-order valence-electron chi connectivity index (χ3n) is 3.86. The maximum Gasteiger partial charge on any atom is 0.311 e. The van der Waals surface area contributed by atoms with Gasteiger partial charge in [-0.2, -0.15) is 0 Å². The largest absolute Gasteiger partial charge is 0.490 e. The summed E-state index contributed by atoms with van der Waals surface area (Å²) in [5.74, 6) is 0.574. The number of ether oxygens (including phenoxy) is 1. The first-order chi connectivity index (χ1) is 13.0. The maximum atomic E-state index is 12.5. The molecule has 27 heavy (non-hydrogen) atoms. The van der Waals surface area contributed by atoms with Crippen LogP contribution in [0.3, 0.4) is 0 Å². The van der Waals surface area contributed by atoms with Gasteiger partial charge in [-0.25, -0.2) is 0 Å². The lowest BCUT2D eigenvalue weighted by Gasteiger charge is -2.08. The number of carbonyl (C=O) groups excluding carboxylic acids is 1. The molecule has 0 spiro atoms. The van der Waals surface area contributed by atoms with Crippen LogP contribution in [0, 0.1) is 10.1 Å². The van der Waals surface area contributed by atoms with Crippen LogP contribution in [0.15, 0.2) is 59.0 Å². The Morgan fingerprint density at radius 1 is 1.22 bits per heavy atom. The molecule has 0 fully saturated rings. The molecular weight excluding hydrogens is 352 g/mol. The Kier molecular flexibility index (Phi) is 5.18. The molecule has 3 aromatic rings. The number of nitrogens with zero attached hydrogens (tertiary/aromatic N) is 1. The van der Waals surface area contributed by atoms with E-state index in [-0.39, 0.29) is 23.6 Å². The number of aliphatic hydroxyl groups excluding tert-OH is 1. The second-order valence-corrected chi connectivity index (χ2v) is 5.60. The molecule has 0 aliphatic carbocycles. The van der Waals surface area contributed by atoms with Crippen LogP contribution in [-0.4, -0.2) is 23.0 Å². The zero-order valence-corrected chi connectivity index (χ0v) is 14.3. The zero-order valence-electron chi connectivity index (χ0n) is 14.3. The molecule has 2 aromatic carbocycles. The minimum absolute atomic E-state index is 0.0797. The summed E-state index contributed by atoms with van der Waals surface area (Å²) in [6.45, 7) is -0.202. The van der Waals surface area contributed by atoms with E-state index >= 15 is 0 Å². The van der Waals surface area contributed by atoms with Crippen molar-refractivity contribution in [1.29, 1.82) is 0 Å². The van der Waals surface area contributed by atoms with Crippen LogP contribution in [0.2, 0.25) is 0 Å². The monoisotopic (exact) mass is 368 g/mol. The van der Waals surface area contributed by atoms with Crippen molar-refractivity contribution in [1.82, 2.24) is 0 Å². The lowest BCUT2D eigenvalue weighted by molar-refractivity contribution is -0.385. The normalized spacial score (nSPS) is 10.4. The summed E-state index contributed by atoms with van der Waals surface area (Å²) in [5, 5.41) is 22.9. The van der Waals surface area contributed by atoms with Crippen molar-refractivity contribution in [3.63, 3.8) is 0 Å². The predicted molar refractivity (Wildman–Crippen MR) is 97.7 cm³/mol. The molecule has 0 saturated carbocycles. The third kappa shape index (κ3) is 3.96. The fourth-order valence-corrected chi connectivity index (χ4v) is 2.55. The number of aliphatic hydroxyl groups is 1. The van der Waals surface area contributed by atoms with E-state index in [9.17, 15) is 14.9 Å². The number of anilines is 1. The average Bonchev–Trinajstić information content (AvgIpc) is 3.17. The molecule has 0 bridgehead atoms. The Bertz CT molecular complexity index is 995. The Morgan fingerprint density at radius 2 is 2.04 bits per heavy atom. The summed E-state index contributed by atoms with van der Waals surface area (Å²) in [6, 6.07) is 14.3. The van der Waals surface area contributed by atoms with Crippen molar-refractivity contribution < 1.29 is 24.0 Å². The molecule has 1 aromatic heterocycles. The van der Waals surface area contributed by atoms with Gasteiger partial charge in [0.05, 0.1) is 12.0 Å². The van der Waals surface area contributed by atoms with Gasteiger partial charge in [0.15, 0.2) is 5.75 Å². The second kappa shape index (κ2) is 7.71. The first kappa shape index (κ1) is 18.2. The highest BCUT2D eigenvalue weighted by Crippen LogP contribution is 2.28. The van der Waals surface area contributed by atoms with Gasteiger partial charge in [-0.3, -0.25) is 14.9 Å². The average molecular weight is 368 g/mol. The SMILES string of the molecule is COc1ccc(C(=O)Nc2cccc(-c3ccc(CO)o3)c2)cc1[N+](=O)[O-]. The summed E-state index contributed by atoms with van der Waals surface area (Å²) in [5.41, 5.74) is 1.06. The Balaban J connectivity index is 1.83. The lowest BCUT2D eigenvalue weighted by Crippen LogP contribution is -2.12. The Labute approximate surface area is 154 Å². The summed E-state index contributed by atoms with van der Waals surface area (Å²) in [6.07, 6.45) is 0. The molecule has 0 unspecified atom stereocenters. The van der Waals surface area contributed by atoms with Crippen LogP contribution in [0.5, 0.6) is 5.75 Å². The number of nitrogens with one attached hydrogen (secondary N) is 1. The van der Waals surface area contributed by atoms with Crippen molar-refractivity contribution in [3.05, 3.63) is 76.0 Å². The summed E-state index contributed by atoms with van der Waals surface area (Å²) < 4.78 is 10.4. The maximum absolute atomic E-state index is 12.5. The van der Waals surface area contributed by atoms with E-state index in [1.165, 1.54) is 19.2 Å². The molecule has 2 N–H and O–H groups in total. The first-order valence-electron chi connectivity index (χ1n) is 7.95. The molecule has 0 aliphatic rings. The fourth-order valence-electron chi connectivity index (χ4n) is 2.55. The van der Waals surface area contributed by atoms with E-state index in [1.807, 2.05) is 0 Å². The number of rotatable bonds is 6. The van der Waals surface area contributed by atoms with Crippen molar-refractivity contribution in [2.75, 3.05) is 12.4 Å². The second-order valence-electron chi connectivity index (χ2n) is 5.60. The van der Waals surface area contributed by atoms with Gasteiger partial charge in [0.2, 0.25) is 0 Å². The molecule has 8 heteroatoms.